The van der Waals surface area contributed by atoms with E-state index >= 15 is 0 Å². The molecule has 0 N–H and O–H groups in total. The minimum absolute atomic E-state index is 0.295. The zero-order valence-corrected chi connectivity index (χ0v) is 10.9. The molecular weight excluding hydrogens is 292 g/mol. The molecule has 0 saturated heterocycles. The van der Waals surface area contributed by atoms with E-state index in [2.05, 4.69) is 15.9 Å². The molecule has 84 valence electrons. The molecule has 0 radical (unpaired) electrons. The summed E-state index contributed by atoms with van der Waals surface area (Å²) in [5.74, 6) is 0. The van der Waals surface area contributed by atoms with E-state index in [1.807, 2.05) is 17.5 Å². The van der Waals surface area contributed by atoms with E-state index in [1.54, 1.807) is 7.05 Å². The first-order chi connectivity index (χ1) is 7.59. The van der Waals surface area contributed by atoms with Crippen LogP contribution in [0.1, 0.15) is 4.88 Å². The van der Waals surface area contributed by atoms with Crippen LogP contribution >= 0.6 is 27.3 Å². The van der Waals surface area contributed by atoms with Crippen molar-refractivity contribution in [2.75, 3.05) is 0 Å². The Labute approximate surface area is 104 Å². The smallest absolute Gasteiger partial charge is 0.302 e. The summed E-state index contributed by atoms with van der Waals surface area (Å²) in [5.41, 5.74) is -0.599. The van der Waals surface area contributed by atoms with Crippen LogP contribution in [0.2, 0.25) is 0 Å². The van der Waals surface area contributed by atoms with E-state index in [4.69, 9.17) is 0 Å². The fourth-order valence-electron chi connectivity index (χ4n) is 1.38. The third-order valence-corrected chi connectivity index (χ3v) is 3.59. The van der Waals surface area contributed by atoms with Gasteiger partial charge in [0.25, 0.3) is 5.56 Å². The quantitative estimate of drug-likeness (QED) is 0.842. The summed E-state index contributed by atoms with van der Waals surface area (Å²) in [6.45, 7) is 0.322. The Morgan fingerprint density at radius 2 is 2.19 bits per heavy atom. The lowest BCUT2D eigenvalue weighted by atomic mass is 10.4. The molecule has 0 aromatic carbocycles. The maximum Gasteiger partial charge on any atom is 0.331 e. The molecule has 16 heavy (non-hydrogen) atoms. The van der Waals surface area contributed by atoms with Crippen LogP contribution in [0.3, 0.4) is 0 Å². The highest BCUT2D eigenvalue weighted by molar-refractivity contribution is 9.10. The van der Waals surface area contributed by atoms with E-state index in [1.165, 1.54) is 26.7 Å². The van der Waals surface area contributed by atoms with Gasteiger partial charge in [-0.05, 0) is 27.4 Å². The van der Waals surface area contributed by atoms with Crippen molar-refractivity contribution in [3.63, 3.8) is 0 Å². The third-order valence-electron chi connectivity index (χ3n) is 2.18. The van der Waals surface area contributed by atoms with Crippen molar-refractivity contribution in [1.82, 2.24) is 9.13 Å². The molecule has 2 heterocycles. The highest BCUT2D eigenvalue weighted by Crippen LogP contribution is 2.09. The molecule has 0 bridgehead atoms. The maximum atomic E-state index is 11.8. The van der Waals surface area contributed by atoms with Gasteiger partial charge < -0.3 is 4.57 Å². The molecule has 0 atom stereocenters. The highest BCUT2D eigenvalue weighted by atomic mass is 79.9. The second kappa shape index (κ2) is 4.39. The average Bonchev–Trinajstić information content (AvgIpc) is 2.74. The Morgan fingerprint density at radius 1 is 1.44 bits per heavy atom. The van der Waals surface area contributed by atoms with E-state index in [0.29, 0.717) is 11.0 Å². The van der Waals surface area contributed by atoms with Crippen LogP contribution in [0.4, 0.5) is 0 Å². The number of halogens is 1. The Morgan fingerprint density at radius 3 is 2.81 bits per heavy atom. The first kappa shape index (κ1) is 11.3. The molecule has 6 heteroatoms. The van der Waals surface area contributed by atoms with Gasteiger partial charge in [-0.25, -0.2) is 4.79 Å². The minimum Gasteiger partial charge on any atom is -0.302 e. The van der Waals surface area contributed by atoms with Crippen molar-refractivity contribution in [2.24, 2.45) is 7.05 Å². The molecule has 0 aliphatic carbocycles. The summed E-state index contributed by atoms with van der Waals surface area (Å²) in [4.78, 5) is 24.5. The topological polar surface area (TPSA) is 44.0 Å². The molecule has 0 unspecified atom stereocenters. The summed E-state index contributed by atoms with van der Waals surface area (Å²) >= 11 is 4.67. The molecule has 0 amide bonds. The number of thiophene rings is 1. The third kappa shape index (κ3) is 2.03. The maximum absolute atomic E-state index is 11.8. The van der Waals surface area contributed by atoms with Gasteiger partial charge in [-0.2, -0.15) is 0 Å². The minimum atomic E-state index is -0.304. The van der Waals surface area contributed by atoms with Crippen LogP contribution < -0.4 is 11.2 Å². The Balaban J connectivity index is 2.56. The van der Waals surface area contributed by atoms with Crippen LogP contribution in [-0.4, -0.2) is 9.13 Å². The SMILES string of the molecule is Cn1cc(Br)c(=O)n(Cc2cccs2)c1=O. The normalized spacial score (nSPS) is 10.6. The van der Waals surface area contributed by atoms with Crippen molar-refractivity contribution in [1.29, 1.82) is 0 Å². The van der Waals surface area contributed by atoms with Crippen LogP contribution in [0.15, 0.2) is 37.8 Å². The van der Waals surface area contributed by atoms with Crippen molar-refractivity contribution < 1.29 is 0 Å². The molecule has 2 aromatic heterocycles. The van der Waals surface area contributed by atoms with Crippen LogP contribution in [0.25, 0.3) is 0 Å². The lowest BCUT2D eigenvalue weighted by Gasteiger charge is -2.06. The number of hydrogen-bond donors (Lipinski definition) is 0. The first-order valence-electron chi connectivity index (χ1n) is 4.58. The summed E-state index contributed by atoms with van der Waals surface area (Å²) < 4.78 is 3.00. The fraction of sp³-hybridized carbons (Fsp3) is 0.200. The predicted octanol–water partition coefficient (Wildman–Crippen LogP) is 1.42. The van der Waals surface area contributed by atoms with E-state index in [9.17, 15) is 9.59 Å². The second-order valence-electron chi connectivity index (χ2n) is 3.34. The molecule has 0 fully saturated rings. The molecule has 0 aliphatic heterocycles. The van der Waals surface area contributed by atoms with Crippen molar-refractivity contribution in [2.45, 2.75) is 6.54 Å². The van der Waals surface area contributed by atoms with E-state index in [0.717, 1.165) is 4.88 Å². The van der Waals surface area contributed by atoms with Gasteiger partial charge in [-0.1, -0.05) is 6.07 Å². The zero-order chi connectivity index (χ0) is 11.7. The molecule has 4 nitrogen and oxygen atoms in total. The van der Waals surface area contributed by atoms with E-state index < -0.39 is 0 Å². The van der Waals surface area contributed by atoms with Crippen molar-refractivity contribution >= 4 is 27.3 Å². The highest BCUT2D eigenvalue weighted by Gasteiger charge is 2.08. The average molecular weight is 301 g/mol. The van der Waals surface area contributed by atoms with Gasteiger partial charge >= 0.3 is 5.69 Å². The zero-order valence-electron chi connectivity index (χ0n) is 8.51. The Kier molecular flexibility index (Phi) is 3.11. The van der Waals surface area contributed by atoms with Crippen LogP contribution in [0.5, 0.6) is 0 Å². The fourth-order valence-corrected chi connectivity index (χ4v) is 2.60. The summed E-state index contributed by atoms with van der Waals surface area (Å²) in [6.07, 6.45) is 1.48. The van der Waals surface area contributed by atoms with Gasteiger partial charge in [0.1, 0.15) is 0 Å². The van der Waals surface area contributed by atoms with E-state index in [-0.39, 0.29) is 11.2 Å². The Hall–Kier alpha value is -1.14. The van der Waals surface area contributed by atoms with Crippen LogP contribution in [0, 0.1) is 0 Å². The molecule has 2 rings (SSSR count). The monoisotopic (exact) mass is 300 g/mol. The van der Waals surface area contributed by atoms with Gasteiger partial charge in [0.2, 0.25) is 0 Å². The number of hydrogen-bond acceptors (Lipinski definition) is 3. The molecule has 2 aromatic rings. The molecule has 0 spiro atoms. The molecule has 0 aliphatic rings. The predicted molar refractivity (Wildman–Crippen MR) is 67.1 cm³/mol. The summed E-state index contributed by atoms with van der Waals surface area (Å²) in [7, 11) is 1.62. The van der Waals surface area contributed by atoms with Gasteiger partial charge in [0.05, 0.1) is 11.0 Å². The Bertz CT molecular complexity index is 578. The second-order valence-corrected chi connectivity index (χ2v) is 5.23. The van der Waals surface area contributed by atoms with Crippen molar-refractivity contribution in [3.05, 3.63) is 53.9 Å². The number of aromatic nitrogens is 2. The largest absolute Gasteiger partial charge is 0.331 e. The van der Waals surface area contributed by atoms with Gasteiger partial charge in [0, 0.05) is 18.1 Å². The van der Waals surface area contributed by atoms with Crippen LogP contribution in [-0.2, 0) is 13.6 Å². The molecular formula is C10H9BrN2O2S. The number of aryl methyl sites for hydroxylation is 1. The van der Waals surface area contributed by atoms with Crippen molar-refractivity contribution in [3.8, 4) is 0 Å². The summed E-state index contributed by atoms with van der Waals surface area (Å²) in [6, 6.07) is 3.80. The van der Waals surface area contributed by atoms with Gasteiger partial charge in [-0.3, -0.25) is 9.36 Å². The number of rotatable bonds is 2. The summed E-state index contributed by atoms with van der Waals surface area (Å²) in [5, 5.41) is 1.92. The first-order valence-corrected chi connectivity index (χ1v) is 6.25. The standard InChI is InChI=1S/C10H9BrN2O2S/c1-12-6-8(11)9(14)13(10(12)15)5-7-3-2-4-16-7/h2-4,6H,5H2,1H3. The van der Waals surface area contributed by atoms with Gasteiger partial charge in [-0.15, -0.1) is 11.3 Å². The molecule has 0 saturated carbocycles. The lowest BCUT2D eigenvalue weighted by Crippen LogP contribution is -2.39. The lowest BCUT2D eigenvalue weighted by molar-refractivity contribution is 0.639. The number of nitrogens with zero attached hydrogens (tertiary/aromatic N) is 2. The van der Waals surface area contributed by atoms with Gasteiger partial charge in [0.15, 0.2) is 0 Å².